The summed E-state index contributed by atoms with van der Waals surface area (Å²) in [5, 5.41) is 0. The number of pyridine rings is 1. The zero-order valence-electron chi connectivity index (χ0n) is 16.9. The predicted molar refractivity (Wildman–Crippen MR) is 108 cm³/mol. The maximum Gasteiger partial charge on any atom is 0.0713 e. The standard InChI is InChI=1S/C25H19N.W.Y/c1-18-13-19(2)15-23(14-18)25-17-22(20-9-5-3-6-10-20)16-24(26-25)21-11-7-4-8-12-21;;/h3-12,14,16-17H,1-2H3;;/q-2;;/i14T;;. The van der Waals surface area contributed by atoms with Gasteiger partial charge in [-0.25, -0.2) is 5.56 Å². The fourth-order valence-corrected chi connectivity index (χ4v) is 3.09. The molecule has 0 aliphatic rings. The summed E-state index contributed by atoms with van der Waals surface area (Å²) in [7, 11) is 0. The van der Waals surface area contributed by atoms with E-state index in [4.69, 9.17) is 6.35 Å². The quantitative estimate of drug-likeness (QED) is 0.249. The third kappa shape index (κ3) is 5.35. The largest absolute Gasteiger partial charge is 0.353 e. The van der Waals surface area contributed by atoms with Crippen molar-refractivity contribution in [3.05, 3.63) is 102 Å². The molecule has 3 heteroatoms. The average molecular weight is 608 g/mol. The first-order valence-electron chi connectivity index (χ1n) is 9.17. The molecule has 135 valence electrons. The predicted octanol–water partition coefficient (Wildman–Crippen LogP) is 6.29. The van der Waals surface area contributed by atoms with Gasteiger partial charge in [0.15, 0.2) is 0 Å². The molecule has 4 rings (SSSR count). The van der Waals surface area contributed by atoms with Crippen LogP contribution in [0.25, 0.3) is 33.6 Å². The van der Waals surface area contributed by atoms with Crippen LogP contribution in [0.1, 0.15) is 12.5 Å². The molecule has 28 heavy (non-hydrogen) atoms. The zero-order chi connectivity index (χ0) is 18.8. The molecule has 0 saturated carbocycles. The van der Waals surface area contributed by atoms with Crippen molar-refractivity contribution in [1.82, 2.24) is 4.98 Å². The van der Waals surface area contributed by atoms with Gasteiger partial charge in [-0.2, -0.15) is 0 Å². The van der Waals surface area contributed by atoms with Crippen molar-refractivity contribution in [1.29, 1.82) is 0 Å². The maximum absolute atomic E-state index is 8.48. The Morgan fingerprint density at radius 2 is 1.32 bits per heavy atom. The summed E-state index contributed by atoms with van der Waals surface area (Å²) in [5.41, 5.74) is 7.35. The van der Waals surface area contributed by atoms with Gasteiger partial charge in [-0.05, 0) is 23.3 Å². The molecule has 1 heterocycles. The smallest absolute Gasteiger partial charge is 0.0713 e. The summed E-state index contributed by atoms with van der Waals surface area (Å²) in [5.74, 6) is 0. The summed E-state index contributed by atoms with van der Waals surface area (Å²) in [6.07, 6.45) is 0. The Morgan fingerprint density at radius 1 is 0.750 bits per heavy atom. The summed E-state index contributed by atoms with van der Waals surface area (Å²) >= 11 is 0. The van der Waals surface area contributed by atoms with Gasteiger partial charge in [0.25, 0.3) is 0 Å². The van der Waals surface area contributed by atoms with Gasteiger partial charge in [0.2, 0.25) is 0 Å². The topological polar surface area (TPSA) is 12.9 Å². The minimum Gasteiger partial charge on any atom is -0.353 e. The van der Waals surface area contributed by atoms with Gasteiger partial charge in [-0.3, -0.25) is 22.2 Å². The van der Waals surface area contributed by atoms with Crippen molar-refractivity contribution in [2.75, 3.05) is 0 Å². The molecule has 1 radical (unpaired) electrons. The van der Waals surface area contributed by atoms with Gasteiger partial charge in [-0.1, -0.05) is 74.5 Å². The summed E-state index contributed by atoms with van der Waals surface area (Å²) in [4.78, 5) is 4.88. The molecule has 0 atom stereocenters. The number of aromatic nitrogens is 1. The van der Waals surface area contributed by atoms with Crippen LogP contribution in [0, 0.1) is 26.0 Å². The van der Waals surface area contributed by atoms with Gasteiger partial charge in [0, 0.05) is 65.0 Å². The molecule has 0 N–H and O–H groups in total. The summed E-state index contributed by atoms with van der Waals surface area (Å²) in [6.45, 7) is 3.86. The molecule has 0 spiro atoms. The average Bonchev–Trinajstić information content (AvgIpc) is 2.71. The van der Waals surface area contributed by atoms with Crippen LogP contribution in [0.2, 0.25) is 0 Å². The third-order valence-electron chi connectivity index (χ3n) is 4.26. The molecule has 0 fully saturated rings. The molecule has 3 aromatic carbocycles. The maximum atomic E-state index is 8.48. The molecule has 0 amide bonds. The molecule has 0 aliphatic carbocycles. The van der Waals surface area contributed by atoms with Gasteiger partial charge >= 0.3 is 0 Å². The molecule has 0 bridgehead atoms. The van der Waals surface area contributed by atoms with E-state index in [1.807, 2.05) is 56.3 Å². The Bertz CT molecular complexity index is 1040. The van der Waals surface area contributed by atoms with Crippen molar-refractivity contribution in [3.63, 3.8) is 0 Å². The van der Waals surface area contributed by atoms with E-state index in [9.17, 15) is 0 Å². The van der Waals surface area contributed by atoms with Gasteiger partial charge in [0.1, 0.15) is 0 Å². The first-order chi connectivity index (χ1) is 13.1. The van der Waals surface area contributed by atoms with Crippen LogP contribution in [0.15, 0.2) is 78.8 Å². The SMILES string of the molecule is [3H]c1c(C)[c-]c(C)[c-]c1-c1cc(-c2ccccc2)cc(-c2ccccc2)n1.[W].[Y]. The Morgan fingerprint density at radius 3 is 1.96 bits per heavy atom. The molecule has 1 nitrogen and oxygen atoms in total. The van der Waals surface area contributed by atoms with Crippen LogP contribution in [0.3, 0.4) is 0 Å². The Balaban J connectivity index is 0.00000150. The van der Waals surface area contributed by atoms with Crippen molar-refractivity contribution >= 4 is 0 Å². The van der Waals surface area contributed by atoms with Crippen molar-refractivity contribution < 1.29 is 55.1 Å². The second kappa shape index (κ2) is 10.4. The fraction of sp³-hybridized carbons (Fsp3) is 0.0800. The van der Waals surface area contributed by atoms with Crippen LogP contribution in [-0.2, 0) is 53.8 Å². The van der Waals surface area contributed by atoms with Gasteiger partial charge in [-0.15, -0.1) is 1.37 Å². The van der Waals surface area contributed by atoms with Crippen LogP contribution in [-0.4, -0.2) is 4.98 Å². The molecular weight excluding hydrogens is 587 g/mol. The van der Waals surface area contributed by atoms with E-state index in [1.54, 1.807) is 0 Å². The van der Waals surface area contributed by atoms with Crippen molar-refractivity contribution in [2.24, 2.45) is 0 Å². The van der Waals surface area contributed by atoms with E-state index in [2.05, 4.69) is 42.5 Å². The first-order valence-corrected chi connectivity index (χ1v) is 8.67. The number of nitrogens with zero attached hydrogens (tertiary/aromatic N) is 1. The van der Waals surface area contributed by atoms with E-state index in [0.29, 0.717) is 6.04 Å². The number of aryl methyl sites for hydroxylation is 2. The molecule has 4 aromatic rings. The van der Waals surface area contributed by atoms with Crippen LogP contribution >= 0.6 is 0 Å². The number of benzene rings is 3. The second-order valence-electron chi connectivity index (χ2n) is 6.36. The number of rotatable bonds is 3. The summed E-state index contributed by atoms with van der Waals surface area (Å²) < 4.78 is 8.48. The Hall–Kier alpha value is -1.40. The summed E-state index contributed by atoms with van der Waals surface area (Å²) in [6, 6.07) is 31.4. The van der Waals surface area contributed by atoms with Gasteiger partial charge < -0.3 is 12.1 Å². The molecule has 1 aromatic heterocycles. The van der Waals surface area contributed by atoms with E-state index in [0.717, 1.165) is 44.8 Å². The number of hydrogen-bond acceptors (Lipinski definition) is 1. The van der Waals surface area contributed by atoms with Crippen LogP contribution < -0.4 is 0 Å². The van der Waals surface area contributed by atoms with E-state index in [-0.39, 0.29) is 53.8 Å². The van der Waals surface area contributed by atoms with Crippen LogP contribution in [0.4, 0.5) is 0 Å². The minimum atomic E-state index is 0. The number of hydrogen-bond donors (Lipinski definition) is 0. The third-order valence-corrected chi connectivity index (χ3v) is 4.26. The van der Waals surface area contributed by atoms with Crippen LogP contribution in [0.5, 0.6) is 0 Å². The molecule has 0 unspecified atom stereocenters. The monoisotopic (exact) mass is 608 g/mol. The minimum absolute atomic E-state index is 0. The van der Waals surface area contributed by atoms with E-state index < -0.39 is 0 Å². The first kappa shape index (κ1) is 21.3. The van der Waals surface area contributed by atoms with Crippen molar-refractivity contribution in [3.8, 4) is 33.6 Å². The zero-order valence-corrected chi connectivity index (χ0v) is 21.6. The second-order valence-corrected chi connectivity index (χ2v) is 6.36. The fourth-order valence-electron chi connectivity index (χ4n) is 3.09. The molecule has 0 aliphatic heterocycles. The molecule has 0 saturated heterocycles. The molecular formula is C25H19NWY-2. The normalized spacial score (nSPS) is 10.4. The van der Waals surface area contributed by atoms with Crippen molar-refractivity contribution in [2.45, 2.75) is 13.8 Å². The van der Waals surface area contributed by atoms with Gasteiger partial charge in [0.05, 0.1) is 5.69 Å². The van der Waals surface area contributed by atoms with E-state index in [1.165, 1.54) is 0 Å². The Labute approximate surface area is 208 Å². The van der Waals surface area contributed by atoms with E-state index >= 15 is 0 Å². The Kier molecular flexibility index (Phi) is 7.92.